The molecule has 6 N–H and O–H groups in total. The van der Waals surface area contributed by atoms with E-state index < -0.39 is 0 Å². The summed E-state index contributed by atoms with van der Waals surface area (Å²) in [6, 6.07) is 12.3. The van der Waals surface area contributed by atoms with Crippen molar-refractivity contribution in [2.45, 2.75) is 26.3 Å². The van der Waals surface area contributed by atoms with E-state index in [4.69, 9.17) is 15.9 Å². The van der Waals surface area contributed by atoms with Gasteiger partial charge in [-0.05, 0) is 49.2 Å². The number of amides is 1. The van der Waals surface area contributed by atoms with E-state index in [2.05, 4.69) is 19.9 Å². The maximum absolute atomic E-state index is 13.2. The number of aromatic nitrogens is 1. The fraction of sp³-hybridized carbons (Fsp3) is 0.308. The molecule has 1 aliphatic heterocycles. The van der Waals surface area contributed by atoms with Crippen LogP contribution in [0.4, 0.5) is 11.5 Å². The monoisotopic (exact) mass is 490 g/mol. The van der Waals surface area contributed by atoms with E-state index in [9.17, 15) is 9.90 Å². The van der Waals surface area contributed by atoms with Crippen LogP contribution in [0.2, 0.25) is 0 Å². The first kappa shape index (κ1) is 24.8. The molecule has 1 atom stereocenters. The summed E-state index contributed by atoms with van der Waals surface area (Å²) in [4.78, 5) is 28.8. The molecule has 10 nitrogen and oxygen atoms in total. The Morgan fingerprint density at radius 2 is 1.97 bits per heavy atom. The van der Waals surface area contributed by atoms with Gasteiger partial charge in [0, 0.05) is 32.4 Å². The molecule has 1 amide bonds. The molecule has 0 spiro atoms. The lowest BCUT2D eigenvalue weighted by Gasteiger charge is -2.35. The maximum Gasteiger partial charge on any atom is 0.309 e. The number of pyridine rings is 1. The number of anilines is 1. The molecule has 3 aromatic rings. The Hall–Kier alpha value is -4.34. The molecule has 3 heterocycles. The molecule has 36 heavy (non-hydrogen) atoms. The molecule has 0 radical (unpaired) electrons. The minimum atomic E-state index is -0.266. The average Bonchev–Trinajstić information content (AvgIpc) is 3.34. The van der Waals surface area contributed by atoms with E-state index in [1.54, 1.807) is 35.6 Å². The highest BCUT2D eigenvalue weighted by Crippen LogP contribution is 2.31. The minimum Gasteiger partial charge on any atom is -0.505 e. The van der Waals surface area contributed by atoms with Crippen LogP contribution in [0.5, 0.6) is 5.75 Å². The predicted molar refractivity (Wildman–Crippen MR) is 138 cm³/mol. The first-order chi connectivity index (χ1) is 17.4. The van der Waals surface area contributed by atoms with E-state index in [0.29, 0.717) is 32.6 Å². The van der Waals surface area contributed by atoms with Crippen molar-refractivity contribution >= 4 is 29.1 Å². The van der Waals surface area contributed by atoms with E-state index in [1.807, 2.05) is 38.1 Å². The molecule has 0 saturated carbocycles. The van der Waals surface area contributed by atoms with Gasteiger partial charge in [0.15, 0.2) is 11.8 Å². The Kier molecular flexibility index (Phi) is 7.53. The van der Waals surface area contributed by atoms with Crippen LogP contribution in [-0.2, 0) is 0 Å². The number of carbonyl (C=O) groups excluding carboxylic acids is 1. The Balaban J connectivity index is 1.48. The fourth-order valence-corrected chi connectivity index (χ4v) is 4.11. The minimum absolute atomic E-state index is 0.000558. The Bertz CT molecular complexity index is 1260. The Morgan fingerprint density at radius 3 is 2.61 bits per heavy atom. The molecular weight excluding hydrogens is 458 g/mol. The smallest absolute Gasteiger partial charge is 0.309 e. The van der Waals surface area contributed by atoms with Crippen molar-refractivity contribution in [3.8, 4) is 5.75 Å². The van der Waals surface area contributed by atoms with Crippen LogP contribution in [0.25, 0.3) is 0 Å². The van der Waals surface area contributed by atoms with E-state index in [1.165, 1.54) is 0 Å². The van der Waals surface area contributed by atoms with Crippen LogP contribution in [0.15, 0.2) is 64.3 Å². The first-order valence-electron chi connectivity index (χ1n) is 11.9. The number of para-hydroxylation sites is 1. The van der Waals surface area contributed by atoms with Crippen LogP contribution in [0.1, 0.15) is 41.1 Å². The molecule has 2 aromatic heterocycles. The van der Waals surface area contributed by atoms with Crippen molar-refractivity contribution in [3.05, 3.63) is 71.8 Å². The van der Waals surface area contributed by atoms with Gasteiger partial charge >= 0.3 is 5.84 Å². The normalized spacial score (nSPS) is 15.7. The van der Waals surface area contributed by atoms with Gasteiger partial charge in [-0.2, -0.15) is 0 Å². The van der Waals surface area contributed by atoms with Crippen molar-refractivity contribution in [3.63, 3.8) is 0 Å². The number of phenolic OH excluding ortho intramolecular Hbond substituents is 1. The average molecular weight is 491 g/mol. The van der Waals surface area contributed by atoms with Gasteiger partial charge in [0.1, 0.15) is 17.3 Å². The molecule has 4 rings (SSSR count). The molecule has 1 aromatic carbocycles. The Morgan fingerprint density at radius 1 is 1.19 bits per heavy atom. The first-order valence-corrected chi connectivity index (χ1v) is 11.9. The van der Waals surface area contributed by atoms with Crippen LogP contribution < -0.4 is 21.4 Å². The molecule has 10 heteroatoms. The number of phenols is 1. The number of nitrogens with one attached hydrogen (secondary N) is 1. The number of nitrogens with two attached hydrogens (primary N) is 2. The second-order valence-electron chi connectivity index (χ2n) is 8.68. The number of aryl methyl sites for hydroxylation is 1. The summed E-state index contributed by atoms with van der Waals surface area (Å²) >= 11 is 0. The third kappa shape index (κ3) is 5.48. The van der Waals surface area contributed by atoms with Crippen LogP contribution >= 0.6 is 0 Å². The van der Waals surface area contributed by atoms with Gasteiger partial charge in [0.25, 0.3) is 5.91 Å². The highest BCUT2D eigenvalue weighted by Gasteiger charge is 2.25. The quantitative estimate of drug-likeness (QED) is 0.300. The summed E-state index contributed by atoms with van der Waals surface area (Å²) in [6.45, 7) is 6.27. The lowest BCUT2D eigenvalue weighted by Crippen LogP contribution is -2.79. The number of carbonyl (C=O) groups is 1. The largest absolute Gasteiger partial charge is 0.505 e. The maximum atomic E-state index is 13.2. The summed E-state index contributed by atoms with van der Waals surface area (Å²) in [5.41, 5.74) is 13.6. The van der Waals surface area contributed by atoms with Gasteiger partial charge in [-0.3, -0.25) is 15.5 Å². The summed E-state index contributed by atoms with van der Waals surface area (Å²) in [5.74, 6) is 1.27. The number of rotatable bonds is 6. The summed E-state index contributed by atoms with van der Waals surface area (Å²) in [5, 5.41) is 10.8. The molecular formula is C26H32N7O3+. The third-order valence-corrected chi connectivity index (χ3v) is 6.13. The van der Waals surface area contributed by atoms with Gasteiger partial charge in [-0.1, -0.05) is 19.1 Å². The second kappa shape index (κ2) is 10.9. The molecule has 1 fully saturated rings. The molecule has 0 unspecified atom stereocenters. The summed E-state index contributed by atoms with van der Waals surface area (Å²) < 4.78 is 5.57. The van der Waals surface area contributed by atoms with E-state index in [-0.39, 0.29) is 40.6 Å². The van der Waals surface area contributed by atoms with Crippen LogP contribution in [0, 0.1) is 6.92 Å². The number of hydrogen-bond donors (Lipinski definition) is 4. The number of amidine groups is 2. The summed E-state index contributed by atoms with van der Waals surface area (Å²) in [7, 11) is 0. The standard InChI is InChI=1S/C26H31N7O3/c1-3-19(21-15-17(2)16-36-21)30-24(27)25(28)31-20-8-6-7-18(23(20)34)26(35)33-13-11-32(12-14-33)22-9-4-5-10-29-22/h4-10,15-16,19,34H,3,11-14H2,1-2H3,(H2,27,30)(H2,28,31)/p+1/t19-/m1/s1. The highest BCUT2D eigenvalue weighted by molar-refractivity contribution is 6.37. The zero-order chi connectivity index (χ0) is 25.7. The number of benzene rings is 1. The van der Waals surface area contributed by atoms with Crippen molar-refractivity contribution in [2.75, 3.05) is 31.1 Å². The summed E-state index contributed by atoms with van der Waals surface area (Å²) in [6.07, 6.45) is 4.14. The van der Waals surface area contributed by atoms with Crippen LogP contribution in [-0.4, -0.2) is 58.7 Å². The lowest BCUT2D eigenvalue weighted by atomic mass is 10.1. The SMILES string of the molecule is CC[C@@H]([NH+]=C(N)C(N)=Nc1cccc(C(=O)N2CCN(c3ccccn3)CC2)c1O)c1cc(C)co1. The third-order valence-electron chi connectivity index (χ3n) is 6.13. The van der Waals surface area contributed by atoms with Gasteiger partial charge in [-0.15, -0.1) is 0 Å². The van der Waals surface area contributed by atoms with Crippen molar-refractivity contribution in [1.82, 2.24) is 9.88 Å². The molecule has 0 bridgehead atoms. The Labute approximate surface area is 210 Å². The predicted octanol–water partition coefficient (Wildman–Crippen LogP) is 1.23. The highest BCUT2D eigenvalue weighted by atomic mass is 16.3. The molecule has 188 valence electrons. The zero-order valence-electron chi connectivity index (χ0n) is 20.5. The fourth-order valence-electron chi connectivity index (χ4n) is 4.11. The number of piperazine rings is 1. The number of furan rings is 1. The zero-order valence-corrected chi connectivity index (χ0v) is 20.5. The number of hydrogen-bond acceptors (Lipinski definition) is 6. The number of aromatic hydroxyl groups is 1. The number of aliphatic imine (C=N–C) groups is 1. The van der Waals surface area contributed by atoms with Gasteiger partial charge in [0.05, 0.1) is 11.8 Å². The number of nitrogens with zero attached hydrogens (tertiary/aromatic N) is 4. The molecule has 0 aliphatic carbocycles. The van der Waals surface area contributed by atoms with Gasteiger partial charge < -0.3 is 25.1 Å². The second-order valence-corrected chi connectivity index (χ2v) is 8.68. The van der Waals surface area contributed by atoms with Crippen molar-refractivity contribution < 1.29 is 19.3 Å². The van der Waals surface area contributed by atoms with Crippen molar-refractivity contribution in [1.29, 1.82) is 0 Å². The van der Waals surface area contributed by atoms with E-state index >= 15 is 0 Å². The lowest BCUT2D eigenvalue weighted by molar-refractivity contribution is -0.512. The van der Waals surface area contributed by atoms with E-state index in [0.717, 1.165) is 17.1 Å². The van der Waals surface area contributed by atoms with Gasteiger partial charge in [-0.25, -0.2) is 9.98 Å². The van der Waals surface area contributed by atoms with Crippen LogP contribution in [0.3, 0.4) is 0 Å². The molecule has 1 aliphatic rings. The molecule has 1 saturated heterocycles. The van der Waals surface area contributed by atoms with Gasteiger partial charge in [0.2, 0.25) is 5.84 Å². The topological polar surface area (TPSA) is 148 Å². The van der Waals surface area contributed by atoms with Crippen molar-refractivity contribution in [2.24, 2.45) is 16.5 Å².